The van der Waals surface area contributed by atoms with Crippen LogP contribution < -0.4 is 21.3 Å². The lowest BCUT2D eigenvalue weighted by Gasteiger charge is -2.60. The zero-order chi connectivity index (χ0) is 52.0. The van der Waals surface area contributed by atoms with Gasteiger partial charge in [0.1, 0.15) is 47.3 Å². The third kappa shape index (κ3) is 11.4. The molecule has 3 aliphatic carbocycles. The van der Waals surface area contributed by atoms with Crippen molar-refractivity contribution in [1.29, 1.82) is 0 Å². The van der Waals surface area contributed by atoms with E-state index in [0.717, 1.165) is 22.6 Å². The number of aryl methyl sites for hydroxylation is 1. The Morgan fingerprint density at radius 3 is 2.31 bits per heavy atom. The van der Waals surface area contributed by atoms with Crippen LogP contribution in [0.3, 0.4) is 0 Å². The number of nitrogens with zero attached hydrogens (tertiary/aromatic N) is 4. The summed E-state index contributed by atoms with van der Waals surface area (Å²) in [6, 6.07) is -1.26. The van der Waals surface area contributed by atoms with Gasteiger partial charge < -0.3 is 36.0 Å². The Kier molecular flexibility index (Phi) is 15.9. The predicted octanol–water partition coefficient (Wildman–Crippen LogP) is 6.04. The average molecular weight is 1040 g/mol. The van der Waals surface area contributed by atoms with Crippen LogP contribution in [0.5, 0.6) is 0 Å². The summed E-state index contributed by atoms with van der Waals surface area (Å²) in [7, 11) is 2.84. The molecule has 1 spiro atoms. The van der Waals surface area contributed by atoms with Gasteiger partial charge in [-0.05, 0) is 125 Å². The molecule has 2 aromatic rings. The molecule has 71 heavy (non-hydrogen) atoms. The molecule has 1 aromatic carbocycles. The van der Waals surface area contributed by atoms with Crippen LogP contribution in [0.25, 0.3) is 10.4 Å². The average Bonchev–Trinajstić information content (AvgIpc) is 3.90. The van der Waals surface area contributed by atoms with E-state index in [1.807, 2.05) is 26.8 Å². The zero-order valence-corrected chi connectivity index (χ0v) is 43.1. The van der Waals surface area contributed by atoms with Gasteiger partial charge in [-0.3, -0.25) is 33.6 Å². The SMILES string of the molecule is Cc1ncsc1-c1ccc(Cl)cc1C[C@H]1C(=O)NC(C)(C)C(=O)NCCCC[C@H](N(C)C(=O)[C@@H](NC(=O)[C@@H]2C[C@@H](F)CN2C(=O)C2(C(F)(F)F)CC3(CCC3)C2)C2CC2)C(=O)N[C@@H](CC(C)C)C(=O)N1C. The van der Waals surface area contributed by atoms with Crippen LogP contribution in [0.4, 0.5) is 17.6 Å². The summed E-state index contributed by atoms with van der Waals surface area (Å²) >= 11 is 7.93. The van der Waals surface area contributed by atoms with E-state index in [1.165, 1.54) is 35.2 Å². The lowest BCUT2D eigenvalue weighted by Crippen LogP contribution is -2.66. The molecule has 2 aliphatic heterocycles. The number of thiazole rings is 1. The summed E-state index contributed by atoms with van der Waals surface area (Å²) in [5.41, 5.74) is -0.891. The van der Waals surface area contributed by atoms with Gasteiger partial charge in [-0.2, -0.15) is 13.2 Å². The van der Waals surface area contributed by atoms with Crippen molar-refractivity contribution in [3.63, 3.8) is 0 Å². The smallest absolute Gasteiger partial charge is 0.354 e. The van der Waals surface area contributed by atoms with Crippen molar-refractivity contribution in [2.24, 2.45) is 22.7 Å². The van der Waals surface area contributed by atoms with Crippen LogP contribution in [-0.4, -0.2) is 136 Å². The fourth-order valence-electron chi connectivity index (χ4n) is 11.0. The van der Waals surface area contributed by atoms with E-state index in [1.54, 1.807) is 31.5 Å². The van der Waals surface area contributed by atoms with E-state index in [2.05, 4.69) is 26.3 Å². The first kappa shape index (κ1) is 53.9. The molecule has 4 N–H and O–H groups in total. The van der Waals surface area contributed by atoms with E-state index in [-0.39, 0.29) is 31.7 Å². The minimum atomic E-state index is -4.91. The molecule has 0 unspecified atom stereocenters. The van der Waals surface area contributed by atoms with E-state index >= 15 is 4.39 Å². The number of likely N-dealkylation sites (tertiary alicyclic amines) is 1. The van der Waals surface area contributed by atoms with Crippen LogP contribution in [0.15, 0.2) is 23.7 Å². The number of benzene rings is 1. The highest BCUT2D eigenvalue weighted by Gasteiger charge is 2.74. The zero-order valence-electron chi connectivity index (χ0n) is 41.5. The van der Waals surface area contributed by atoms with Gasteiger partial charge in [0, 0.05) is 38.5 Å². The third-order valence-electron chi connectivity index (χ3n) is 15.4. The molecule has 0 radical (unpaired) electrons. The Balaban J connectivity index is 1.14. The molecular weight excluding hydrogens is 968 g/mol. The standard InChI is InChI=1S/C50H67ClF4N8O7S/c1-27(2)19-34-43(67)62(7)36(21-30-20-31(51)14-15-33(30)39-28(3)57-26-71-39)42(66)60-47(4,5)45(69)56-18-9-8-11-35(40(64)58-34)61(6)44(68)38(29-12-13-29)59-41(65)37-22-32(52)23-63(37)46(70)49(50(53,54)55)24-48(25-49)16-10-17-48/h14-15,20,26-27,29,32,34-38H,8-13,16-19,21-25H2,1-7H3,(H,56,69)(H,58,64)(H,59,65)(H,60,66)/t32-,34+,35+,36+,37+,38+/m1/s1. The summed E-state index contributed by atoms with van der Waals surface area (Å²) in [5.74, 6) is -5.97. The highest BCUT2D eigenvalue weighted by Crippen LogP contribution is 2.69. The van der Waals surface area contributed by atoms with E-state index < -0.39 is 132 Å². The second-order valence-electron chi connectivity index (χ2n) is 21.7. The second kappa shape index (κ2) is 20.9. The molecule has 5 aliphatic rings. The number of carbonyl (C=O) groups is 7. The number of likely N-dealkylation sites (N-methyl/N-ethyl adjacent to an activating group) is 2. The maximum Gasteiger partial charge on any atom is 0.403 e. The van der Waals surface area contributed by atoms with Gasteiger partial charge in [0.15, 0.2) is 0 Å². The summed E-state index contributed by atoms with van der Waals surface area (Å²) in [4.78, 5) is 109. The van der Waals surface area contributed by atoms with Crippen molar-refractivity contribution in [1.82, 2.24) is 41.0 Å². The van der Waals surface area contributed by atoms with E-state index in [9.17, 15) is 46.7 Å². The van der Waals surface area contributed by atoms with Crippen molar-refractivity contribution >= 4 is 64.3 Å². The van der Waals surface area contributed by atoms with Gasteiger partial charge >= 0.3 is 6.18 Å². The first-order valence-corrected chi connectivity index (χ1v) is 26.0. The van der Waals surface area contributed by atoms with Crippen molar-refractivity contribution in [3.05, 3.63) is 40.0 Å². The normalized spacial score (nSPS) is 26.5. The molecule has 3 heterocycles. The van der Waals surface area contributed by atoms with Crippen LogP contribution >= 0.6 is 22.9 Å². The molecule has 21 heteroatoms. The first-order valence-electron chi connectivity index (χ1n) is 24.7. The Labute approximate surface area is 421 Å². The summed E-state index contributed by atoms with van der Waals surface area (Å²) < 4.78 is 59.3. The molecule has 7 rings (SSSR count). The number of rotatable bonds is 11. The number of hydrogen-bond donors (Lipinski definition) is 4. The van der Waals surface area contributed by atoms with Crippen molar-refractivity contribution in [2.45, 2.75) is 166 Å². The fourth-order valence-corrected chi connectivity index (χ4v) is 12.1. The number of alkyl halides is 4. The number of amides is 7. The molecule has 7 amide bonds. The maximum atomic E-state index is 15.1. The molecule has 6 atom stereocenters. The molecule has 390 valence electrons. The number of hydrogen-bond acceptors (Lipinski definition) is 9. The second-order valence-corrected chi connectivity index (χ2v) is 23.0. The monoisotopic (exact) mass is 1030 g/mol. The van der Waals surface area contributed by atoms with Gasteiger partial charge in [0.05, 0.1) is 22.6 Å². The molecule has 15 nitrogen and oxygen atoms in total. The van der Waals surface area contributed by atoms with Crippen LogP contribution in [0, 0.1) is 29.6 Å². The highest BCUT2D eigenvalue weighted by atomic mass is 35.5. The summed E-state index contributed by atoms with van der Waals surface area (Å²) in [5, 5.41) is 11.6. The minimum absolute atomic E-state index is 0.0435. The minimum Gasteiger partial charge on any atom is -0.354 e. The van der Waals surface area contributed by atoms with Gasteiger partial charge in [-0.1, -0.05) is 37.9 Å². The molecule has 0 bridgehead atoms. The lowest BCUT2D eigenvalue weighted by atomic mass is 9.44. The Morgan fingerprint density at radius 2 is 1.72 bits per heavy atom. The van der Waals surface area contributed by atoms with E-state index in [0.29, 0.717) is 54.0 Å². The van der Waals surface area contributed by atoms with Crippen molar-refractivity contribution in [3.8, 4) is 10.4 Å². The van der Waals surface area contributed by atoms with Gasteiger partial charge in [-0.15, -0.1) is 11.3 Å². The summed E-state index contributed by atoms with van der Waals surface area (Å²) in [6.07, 6.45) is -4.30. The highest BCUT2D eigenvalue weighted by molar-refractivity contribution is 7.13. The number of carbonyl (C=O) groups excluding carboxylic acids is 7. The van der Waals surface area contributed by atoms with E-state index in [4.69, 9.17) is 11.6 Å². The molecular formula is C50H67ClF4N8O7S. The van der Waals surface area contributed by atoms with Gasteiger partial charge in [0.25, 0.3) is 0 Å². The van der Waals surface area contributed by atoms with Crippen LogP contribution in [-0.2, 0) is 40.0 Å². The first-order chi connectivity index (χ1) is 33.3. The number of nitrogens with one attached hydrogen (secondary N) is 4. The van der Waals surface area contributed by atoms with Crippen LogP contribution in [0.2, 0.25) is 5.02 Å². The van der Waals surface area contributed by atoms with Gasteiger partial charge in [-0.25, -0.2) is 9.37 Å². The Bertz CT molecular complexity index is 2380. The number of halogens is 5. The van der Waals surface area contributed by atoms with Crippen molar-refractivity contribution in [2.75, 3.05) is 27.2 Å². The summed E-state index contributed by atoms with van der Waals surface area (Å²) in [6.45, 7) is 8.14. The topological polar surface area (TPSA) is 190 Å². The van der Waals surface area contributed by atoms with Crippen molar-refractivity contribution < 1.29 is 51.1 Å². The number of aromatic nitrogens is 1. The molecule has 5 fully saturated rings. The third-order valence-corrected chi connectivity index (χ3v) is 16.6. The van der Waals surface area contributed by atoms with Gasteiger partial charge in [0.2, 0.25) is 41.4 Å². The quantitative estimate of drug-likeness (QED) is 0.196. The molecule has 1 aromatic heterocycles. The Morgan fingerprint density at radius 1 is 1.03 bits per heavy atom. The molecule has 3 saturated carbocycles. The fraction of sp³-hybridized carbons (Fsp3) is 0.680. The Hall–Kier alpha value is -4.85. The predicted molar refractivity (Wildman–Crippen MR) is 258 cm³/mol. The van der Waals surface area contributed by atoms with Crippen LogP contribution in [0.1, 0.15) is 116 Å². The lowest BCUT2D eigenvalue weighted by molar-refractivity contribution is -0.285. The molecule has 2 saturated heterocycles. The largest absolute Gasteiger partial charge is 0.403 e. The maximum absolute atomic E-state index is 15.1.